The van der Waals surface area contributed by atoms with Gasteiger partial charge in [0, 0.05) is 17.7 Å². The van der Waals surface area contributed by atoms with Crippen molar-refractivity contribution in [3.05, 3.63) is 64.4 Å². The molecule has 2 nitrogen and oxygen atoms in total. The molecule has 0 saturated heterocycles. The highest BCUT2D eigenvalue weighted by atomic mass is 35.5. The molecular formula is C15H13ClFNO. The number of carbonyl (C=O) groups is 1. The molecule has 2 rings (SSSR count). The fourth-order valence-corrected chi connectivity index (χ4v) is 2.01. The second-order valence-electron chi connectivity index (χ2n) is 4.29. The van der Waals surface area contributed by atoms with E-state index in [1.807, 2.05) is 12.1 Å². The Bertz CT molecular complexity index is 596. The molecule has 0 saturated carbocycles. The smallest absolute Gasteiger partial charge is 0.164 e. The highest BCUT2D eigenvalue weighted by molar-refractivity contribution is 6.33. The largest absolute Gasteiger partial charge is 0.399 e. The van der Waals surface area contributed by atoms with Gasteiger partial charge in [0.05, 0.1) is 5.02 Å². The van der Waals surface area contributed by atoms with E-state index < -0.39 is 5.82 Å². The van der Waals surface area contributed by atoms with Crippen molar-refractivity contribution in [3.63, 3.8) is 0 Å². The van der Waals surface area contributed by atoms with Crippen LogP contribution in [0.3, 0.4) is 0 Å². The van der Waals surface area contributed by atoms with Gasteiger partial charge in [0.2, 0.25) is 0 Å². The number of rotatable bonds is 4. The number of nitrogens with two attached hydrogens (primary N) is 1. The Morgan fingerprint density at radius 3 is 2.53 bits per heavy atom. The van der Waals surface area contributed by atoms with Crippen LogP contribution in [-0.2, 0) is 6.42 Å². The third-order valence-electron chi connectivity index (χ3n) is 2.85. The second kappa shape index (κ2) is 5.85. The predicted octanol–water partition coefficient (Wildman–Crippen LogP) is 3.88. The van der Waals surface area contributed by atoms with E-state index in [1.165, 1.54) is 18.2 Å². The molecule has 0 aliphatic heterocycles. The Balaban J connectivity index is 2.05. The Kier molecular flexibility index (Phi) is 4.17. The molecule has 2 N–H and O–H groups in total. The molecule has 19 heavy (non-hydrogen) atoms. The summed E-state index contributed by atoms with van der Waals surface area (Å²) in [4.78, 5) is 12.0. The lowest BCUT2D eigenvalue weighted by atomic mass is 10.0. The van der Waals surface area contributed by atoms with Crippen molar-refractivity contribution < 1.29 is 9.18 Å². The zero-order valence-corrected chi connectivity index (χ0v) is 11.0. The lowest BCUT2D eigenvalue weighted by Gasteiger charge is -2.04. The van der Waals surface area contributed by atoms with E-state index in [0.29, 0.717) is 12.1 Å². The van der Waals surface area contributed by atoms with Crippen LogP contribution in [0.5, 0.6) is 0 Å². The molecule has 0 bridgehead atoms. The molecule has 0 aliphatic rings. The number of benzene rings is 2. The predicted molar refractivity (Wildman–Crippen MR) is 74.9 cm³/mol. The normalized spacial score (nSPS) is 10.4. The number of Topliss-reactive ketones (excluding diaryl/α,β-unsaturated/α-hetero) is 1. The van der Waals surface area contributed by atoms with Crippen LogP contribution < -0.4 is 5.73 Å². The average Bonchev–Trinajstić information content (AvgIpc) is 2.40. The van der Waals surface area contributed by atoms with Gasteiger partial charge < -0.3 is 5.73 Å². The highest BCUT2D eigenvalue weighted by Gasteiger charge is 2.11. The molecular weight excluding hydrogens is 265 g/mol. The Morgan fingerprint density at radius 2 is 1.84 bits per heavy atom. The SMILES string of the molecule is Nc1ccc(CCC(=O)c2cc(F)ccc2Cl)cc1. The summed E-state index contributed by atoms with van der Waals surface area (Å²) in [6.07, 6.45) is 0.860. The van der Waals surface area contributed by atoms with Crippen LogP contribution in [0.15, 0.2) is 42.5 Å². The molecule has 0 radical (unpaired) electrons. The molecule has 2 aromatic carbocycles. The Morgan fingerprint density at radius 1 is 1.16 bits per heavy atom. The molecule has 0 aromatic heterocycles. The first-order chi connectivity index (χ1) is 9.06. The van der Waals surface area contributed by atoms with Gasteiger partial charge in [-0.2, -0.15) is 0 Å². The van der Waals surface area contributed by atoms with Gasteiger partial charge in [0.1, 0.15) is 5.82 Å². The summed E-state index contributed by atoms with van der Waals surface area (Å²) in [5.41, 5.74) is 7.51. The fourth-order valence-electron chi connectivity index (χ4n) is 1.79. The molecule has 0 atom stereocenters. The van der Waals surface area contributed by atoms with Crippen LogP contribution >= 0.6 is 11.6 Å². The maximum absolute atomic E-state index is 13.1. The standard InChI is InChI=1S/C15H13ClFNO/c16-14-7-4-11(17)9-13(14)15(19)8-3-10-1-5-12(18)6-2-10/h1-2,4-7,9H,3,8,18H2. The number of hydrogen-bond acceptors (Lipinski definition) is 2. The second-order valence-corrected chi connectivity index (χ2v) is 4.70. The number of ketones is 1. The lowest BCUT2D eigenvalue weighted by molar-refractivity contribution is 0.0982. The topological polar surface area (TPSA) is 43.1 Å². The van der Waals surface area contributed by atoms with E-state index in [9.17, 15) is 9.18 Å². The highest BCUT2D eigenvalue weighted by Crippen LogP contribution is 2.19. The van der Waals surface area contributed by atoms with Gasteiger partial charge in [-0.1, -0.05) is 23.7 Å². The quantitative estimate of drug-likeness (QED) is 0.681. The molecule has 0 heterocycles. The van der Waals surface area contributed by atoms with Gasteiger partial charge >= 0.3 is 0 Å². The lowest BCUT2D eigenvalue weighted by Crippen LogP contribution is -2.03. The Hall–Kier alpha value is -1.87. The summed E-state index contributed by atoms with van der Waals surface area (Å²) in [6.45, 7) is 0. The van der Waals surface area contributed by atoms with Crippen molar-refractivity contribution in [2.45, 2.75) is 12.8 Å². The summed E-state index contributed by atoms with van der Waals surface area (Å²) in [5.74, 6) is -0.624. The summed E-state index contributed by atoms with van der Waals surface area (Å²) in [7, 11) is 0. The molecule has 4 heteroatoms. The van der Waals surface area contributed by atoms with Crippen molar-refractivity contribution >= 4 is 23.1 Å². The van der Waals surface area contributed by atoms with Crippen molar-refractivity contribution in [2.24, 2.45) is 0 Å². The van der Waals surface area contributed by atoms with E-state index in [2.05, 4.69) is 0 Å². The minimum atomic E-state index is -0.458. The minimum Gasteiger partial charge on any atom is -0.399 e. The monoisotopic (exact) mass is 277 g/mol. The number of carbonyl (C=O) groups excluding carboxylic acids is 1. The van der Waals surface area contributed by atoms with E-state index in [0.717, 1.165) is 5.56 Å². The van der Waals surface area contributed by atoms with E-state index in [-0.39, 0.29) is 22.8 Å². The summed E-state index contributed by atoms with van der Waals surface area (Å²) >= 11 is 5.89. The number of nitrogen functional groups attached to an aromatic ring is 1. The molecule has 0 amide bonds. The van der Waals surface area contributed by atoms with Gasteiger partial charge in [-0.15, -0.1) is 0 Å². The molecule has 98 valence electrons. The zero-order chi connectivity index (χ0) is 13.8. The first kappa shape index (κ1) is 13.6. The maximum atomic E-state index is 13.1. The number of aryl methyl sites for hydroxylation is 1. The van der Waals surface area contributed by atoms with Gasteiger partial charge in [-0.25, -0.2) is 4.39 Å². The molecule has 0 spiro atoms. The van der Waals surface area contributed by atoms with Crippen molar-refractivity contribution in [1.29, 1.82) is 0 Å². The van der Waals surface area contributed by atoms with E-state index in [1.54, 1.807) is 12.1 Å². The molecule has 2 aromatic rings. The first-order valence-corrected chi connectivity index (χ1v) is 6.27. The summed E-state index contributed by atoms with van der Waals surface area (Å²) < 4.78 is 13.1. The van der Waals surface area contributed by atoms with Crippen LogP contribution in [0.2, 0.25) is 5.02 Å². The average molecular weight is 278 g/mol. The van der Waals surface area contributed by atoms with Crippen LogP contribution in [0.25, 0.3) is 0 Å². The molecule has 0 aliphatic carbocycles. The van der Waals surface area contributed by atoms with E-state index in [4.69, 9.17) is 17.3 Å². The third-order valence-corrected chi connectivity index (χ3v) is 3.18. The minimum absolute atomic E-state index is 0.165. The molecule has 0 unspecified atom stereocenters. The van der Waals surface area contributed by atoms with E-state index >= 15 is 0 Å². The van der Waals surface area contributed by atoms with Gasteiger partial charge in [-0.3, -0.25) is 4.79 Å². The summed E-state index contributed by atoms with van der Waals surface area (Å²) in [6, 6.07) is 11.1. The number of hydrogen-bond donors (Lipinski definition) is 1. The van der Waals surface area contributed by atoms with Gasteiger partial charge in [0.15, 0.2) is 5.78 Å². The van der Waals surface area contributed by atoms with Crippen LogP contribution in [0.4, 0.5) is 10.1 Å². The number of anilines is 1. The third kappa shape index (κ3) is 3.55. The Labute approximate surface area is 116 Å². The van der Waals surface area contributed by atoms with Crippen LogP contribution in [-0.4, -0.2) is 5.78 Å². The van der Waals surface area contributed by atoms with Crippen molar-refractivity contribution in [3.8, 4) is 0 Å². The van der Waals surface area contributed by atoms with Crippen molar-refractivity contribution in [1.82, 2.24) is 0 Å². The van der Waals surface area contributed by atoms with Crippen molar-refractivity contribution in [2.75, 3.05) is 5.73 Å². The fraction of sp³-hybridized carbons (Fsp3) is 0.133. The van der Waals surface area contributed by atoms with Gasteiger partial charge in [0.25, 0.3) is 0 Å². The first-order valence-electron chi connectivity index (χ1n) is 5.89. The van der Waals surface area contributed by atoms with Gasteiger partial charge in [-0.05, 0) is 42.3 Å². The van der Waals surface area contributed by atoms with Crippen LogP contribution in [0, 0.1) is 5.82 Å². The molecule has 0 fully saturated rings. The maximum Gasteiger partial charge on any atom is 0.164 e. The summed E-state index contributed by atoms with van der Waals surface area (Å²) in [5, 5.41) is 0.281. The number of halogens is 2. The zero-order valence-electron chi connectivity index (χ0n) is 10.2. The van der Waals surface area contributed by atoms with Crippen LogP contribution in [0.1, 0.15) is 22.3 Å².